The maximum Gasteiger partial charge on any atom is 0.165 e. The Morgan fingerprint density at radius 3 is 2.79 bits per heavy atom. The van der Waals surface area contributed by atoms with Crippen LogP contribution in [0, 0.1) is 17.8 Å². The average Bonchev–Trinajstić information content (AvgIpc) is 3.63. The van der Waals surface area contributed by atoms with Gasteiger partial charge in [-0.15, -0.1) is 11.3 Å². The van der Waals surface area contributed by atoms with Crippen molar-refractivity contribution >= 4 is 21.4 Å². The predicted molar refractivity (Wildman–Crippen MR) is 167 cm³/mol. The summed E-state index contributed by atoms with van der Waals surface area (Å²) in [7, 11) is 1.85. The second kappa shape index (κ2) is 11.7. The maximum absolute atomic E-state index is 9.45. The van der Waals surface area contributed by atoms with Crippen molar-refractivity contribution in [2.75, 3.05) is 40.0 Å². The van der Waals surface area contributed by atoms with Gasteiger partial charge in [-0.3, -0.25) is 4.90 Å². The Morgan fingerprint density at radius 2 is 2.00 bits per heavy atom. The van der Waals surface area contributed by atoms with Crippen molar-refractivity contribution in [3.05, 3.63) is 58.5 Å². The lowest BCUT2D eigenvalue weighted by Gasteiger charge is -2.61. The molecule has 3 unspecified atom stereocenters. The molecule has 6 nitrogen and oxygen atoms in total. The summed E-state index contributed by atoms with van der Waals surface area (Å²) in [5, 5.41) is 10.7. The number of hydrogen-bond donors (Lipinski definition) is 1. The van der Waals surface area contributed by atoms with Crippen molar-refractivity contribution < 1.29 is 24.1 Å². The molecule has 42 heavy (non-hydrogen) atoms. The third kappa shape index (κ3) is 4.67. The highest BCUT2D eigenvalue weighted by molar-refractivity contribution is 7.19. The minimum atomic E-state index is -0.0484. The summed E-state index contributed by atoms with van der Waals surface area (Å²) >= 11 is 1.82. The van der Waals surface area contributed by atoms with Gasteiger partial charge in [-0.1, -0.05) is 38.1 Å². The minimum Gasteiger partial charge on any atom is -0.487 e. The van der Waals surface area contributed by atoms with E-state index in [2.05, 4.69) is 47.4 Å². The van der Waals surface area contributed by atoms with Gasteiger partial charge in [-0.2, -0.15) is 0 Å². The molecule has 1 aromatic heterocycles. The van der Waals surface area contributed by atoms with E-state index in [1.807, 2.05) is 32.3 Å². The summed E-state index contributed by atoms with van der Waals surface area (Å²) in [4.78, 5) is 4.09. The number of thiophene rings is 1. The SMILES string of the molecule is CC.COC1[C@@H](COCc2cc3ccccc3s2)CC2C3Cc4ccc(OCCO)c5c4[C@@]2(CCN3CC2CC2)[C@H]1O5. The summed E-state index contributed by atoms with van der Waals surface area (Å²) in [6.45, 7) is 7.94. The van der Waals surface area contributed by atoms with Crippen LogP contribution in [0.3, 0.4) is 0 Å². The molecule has 2 saturated carbocycles. The zero-order valence-corrected chi connectivity index (χ0v) is 26.0. The number of hydrogen-bond acceptors (Lipinski definition) is 7. The molecule has 1 saturated heterocycles. The first kappa shape index (κ1) is 28.6. The number of ether oxygens (including phenoxy) is 4. The molecule has 3 heterocycles. The van der Waals surface area contributed by atoms with Crippen LogP contribution in [0.5, 0.6) is 11.5 Å². The molecule has 226 valence electrons. The van der Waals surface area contributed by atoms with Gasteiger partial charge in [0, 0.05) is 46.2 Å². The number of aliphatic hydroxyl groups excluding tert-OH is 1. The van der Waals surface area contributed by atoms with Crippen LogP contribution in [0.15, 0.2) is 42.5 Å². The highest BCUT2D eigenvalue weighted by Gasteiger charge is 2.67. The first-order valence-electron chi connectivity index (χ1n) is 16.1. The van der Waals surface area contributed by atoms with Gasteiger partial charge >= 0.3 is 0 Å². The monoisotopic (exact) mass is 591 g/mol. The van der Waals surface area contributed by atoms with Crippen molar-refractivity contribution in [2.45, 2.75) is 76.2 Å². The van der Waals surface area contributed by atoms with Crippen LogP contribution in [0.2, 0.25) is 0 Å². The summed E-state index contributed by atoms with van der Waals surface area (Å²) < 4.78 is 27.1. The third-order valence-corrected chi connectivity index (χ3v) is 11.5. The second-order valence-electron chi connectivity index (χ2n) is 12.6. The van der Waals surface area contributed by atoms with Crippen molar-refractivity contribution in [3.8, 4) is 11.5 Å². The molecule has 8 rings (SSSR count). The molecule has 0 amide bonds. The molecule has 2 bridgehead atoms. The molecule has 3 fully saturated rings. The van der Waals surface area contributed by atoms with Gasteiger partial charge in [0.2, 0.25) is 0 Å². The van der Waals surface area contributed by atoms with E-state index >= 15 is 0 Å². The van der Waals surface area contributed by atoms with Gasteiger partial charge in [-0.05, 0) is 79.6 Å². The van der Waals surface area contributed by atoms with E-state index in [0.717, 1.165) is 43.2 Å². The highest BCUT2D eigenvalue weighted by Crippen LogP contribution is 2.65. The van der Waals surface area contributed by atoms with Gasteiger partial charge in [-0.25, -0.2) is 0 Å². The Balaban J connectivity index is 0.00000141. The van der Waals surface area contributed by atoms with E-state index < -0.39 is 0 Å². The third-order valence-electron chi connectivity index (χ3n) is 10.4. The molecule has 2 aromatic carbocycles. The predicted octanol–water partition coefficient (Wildman–Crippen LogP) is 6.21. The van der Waals surface area contributed by atoms with E-state index in [4.69, 9.17) is 18.9 Å². The Hall–Kier alpha value is -2.16. The van der Waals surface area contributed by atoms with Gasteiger partial charge in [0.05, 0.1) is 25.9 Å². The van der Waals surface area contributed by atoms with Crippen LogP contribution in [0.4, 0.5) is 0 Å². The summed E-state index contributed by atoms with van der Waals surface area (Å²) in [6.07, 6.45) is 5.95. The standard InChI is InChI=1S/C33H39NO5S.C2H6/c1-36-30-23(18-37-19-24-14-21-4-2-3-5-28(21)40-24)15-25-26-16-22-8-9-27(38-13-12-35)31-29(22)33(25,32(30)39-31)10-11-34(26)17-20-6-7-20;1-2/h2-5,8-9,14,20,23,25-26,30,32,35H,6-7,10-13,15-19H2,1H3;1-2H3/t23-,25?,26?,30?,32+,33+;/m1./s1. The van der Waals surface area contributed by atoms with Crippen molar-refractivity contribution in [1.82, 2.24) is 4.90 Å². The van der Waals surface area contributed by atoms with Crippen LogP contribution < -0.4 is 9.47 Å². The molecule has 3 aliphatic carbocycles. The second-order valence-corrected chi connectivity index (χ2v) is 13.8. The van der Waals surface area contributed by atoms with Crippen LogP contribution in [-0.4, -0.2) is 68.3 Å². The molecule has 2 aliphatic heterocycles. The Labute approximate surface area is 253 Å². The summed E-state index contributed by atoms with van der Waals surface area (Å²) in [5.74, 6) is 3.33. The summed E-state index contributed by atoms with van der Waals surface area (Å²) in [6, 6.07) is 15.7. The van der Waals surface area contributed by atoms with E-state index in [9.17, 15) is 5.11 Å². The fourth-order valence-electron chi connectivity index (χ4n) is 8.67. The number of aliphatic hydroxyl groups is 1. The van der Waals surface area contributed by atoms with Gasteiger partial charge in [0.15, 0.2) is 11.5 Å². The van der Waals surface area contributed by atoms with Crippen molar-refractivity contribution in [2.24, 2.45) is 17.8 Å². The molecule has 5 aliphatic rings. The van der Waals surface area contributed by atoms with Crippen molar-refractivity contribution in [1.29, 1.82) is 0 Å². The topological polar surface area (TPSA) is 60.4 Å². The average molecular weight is 592 g/mol. The Bertz CT molecular complexity index is 1370. The fraction of sp³-hybridized carbons (Fsp3) is 0.600. The molecular weight excluding hydrogens is 546 g/mol. The van der Waals surface area contributed by atoms with Crippen LogP contribution >= 0.6 is 11.3 Å². The minimum absolute atomic E-state index is 0.00810. The van der Waals surface area contributed by atoms with Gasteiger partial charge in [0.1, 0.15) is 12.7 Å². The molecule has 7 heteroatoms. The van der Waals surface area contributed by atoms with Crippen LogP contribution in [-0.2, 0) is 27.9 Å². The Morgan fingerprint density at radius 1 is 1.14 bits per heavy atom. The molecule has 0 radical (unpaired) electrons. The zero-order valence-electron chi connectivity index (χ0n) is 25.2. The van der Waals surface area contributed by atoms with E-state index in [0.29, 0.717) is 25.2 Å². The number of methoxy groups -OCH3 is 1. The van der Waals surface area contributed by atoms with E-state index in [1.165, 1.54) is 45.5 Å². The van der Waals surface area contributed by atoms with E-state index in [-0.39, 0.29) is 36.8 Å². The highest BCUT2D eigenvalue weighted by atomic mass is 32.1. The van der Waals surface area contributed by atoms with E-state index in [1.54, 1.807) is 0 Å². The lowest BCUT2D eigenvalue weighted by atomic mass is 9.49. The molecule has 1 N–H and O–H groups in total. The number of benzene rings is 2. The quantitative estimate of drug-likeness (QED) is 0.303. The van der Waals surface area contributed by atoms with Gasteiger partial charge < -0.3 is 24.1 Å². The normalized spacial score (nSPS) is 30.8. The zero-order chi connectivity index (χ0) is 28.8. The number of fused-ring (bicyclic) bond motifs is 1. The fourth-order valence-corrected chi connectivity index (χ4v) is 9.68. The lowest BCUT2D eigenvalue weighted by molar-refractivity contribution is -0.153. The molecule has 3 aromatic rings. The summed E-state index contributed by atoms with van der Waals surface area (Å²) in [5.41, 5.74) is 2.76. The van der Waals surface area contributed by atoms with Gasteiger partial charge in [0.25, 0.3) is 0 Å². The first-order valence-corrected chi connectivity index (χ1v) is 16.9. The number of likely N-dealkylation sites (tertiary alicyclic amines) is 1. The van der Waals surface area contributed by atoms with Crippen LogP contribution in [0.1, 0.15) is 55.5 Å². The molecular formula is C35H45NO5S. The lowest BCUT2D eigenvalue weighted by Crippen LogP contribution is -2.69. The number of rotatable bonds is 10. The molecule has 6 atom stereocenters. The smallest absolute Gasteiger partial charge is 0.165 e. The largest absolute Gasteiger partial charge is 0.487 e. The molecule has 1 spiro atoms. The van der Waals surface area contributed by atoms with Crippen LogP contribution in [0.25, 0.3) is 10.1 Å². The number of piperidine rings is 1. The number of nitrogens with zero attached hydrogens (tertiary/aromatic N) is 1. The first-order chi connectivity index (χ1) is 20.7. The maximum atomic E-state index is 9.45. The Kier molecular flexibility index (Phi) is 7.99. The van der Waals surface area contributed by atoms with Crippen molar-refractivity contribution in [3.63, 3.8) is 0 Å².